The molecule has 4 heteroatoms. The van der Waals surface area contributed by atoms with E-state index in [4.69, 9.17) is 0 Å². The molecule has 1 aromatic carbocycles. The molecule has 0 radical (unpaired) electrons. The van der Waals surface area contributed by atoms with Crippen molar-refractivity contribution in [2.24, 2.45) is 0 Å². The molecule has 0 saturated heterocycles. The van der Waals surface area contributed by atoms with Crippen LogP contribution in [-0.4, -0.2) is 25.0 Å². The molecule has 1 aliphatic rings. The summed E-state index contributed by atoms with van der Waals surface area (Å²) in [6, 6.07) is 8.53. The summed E-state index contributed by atoms with van der Waals surface area (Å²) < 4.78 is 0. The van der Waals surface area contributed by atoms with Crippen molar-refractivity contribution in [2.45, 2.75) is 45.3 Å². The van der Waals surface area contributed by atoms with Crippen LogP contribution in [0.1, 0.15) is 43.9 Å². The molecule has 1 aliphatic heterocycles. The number of amides is 1. The van der Waals surface area contributed by atoms with Crippen molar-refractivity contribution in [1.29, 1.82) is 0 Å². The molecule has 0 aliphatic carbocycles. The fourth-order valence-electron chi connectivity index (χ4n) is 2.61. The largest absolute Gasteiger partial charge is 0.355 e. The lowest BCUT2D eigenvalue weighted by Crippen LogP contribution is -2.44. The number of nitrogens with one attached hydrogen (secondary N) is 3. The number of hydrogen-bond acceptors (Lipinski definition) is 3. The highest BCUT2D eigenvalue weighted by Crippen LogP contribution is 2.23. The Kier molecular flexibility index (Phi) is 5.56. The summed E-state index contributed by atoms with van der Waals surface area (Å²) in [4.78, 5) is 12.0. The van der Waals surface area contributed by atoms with Crippen LogP contribution in [-0.2, 0) is 11.3 Å². The first kappa shape index (κ1) is 15.0. The van der Waals surface area contributed by atoms with Gasteiger partial charge in [-0.1, -0.05) is 31.2 Å². The van der Waals surface area contributed by atoms with Gasteiger partial charge in [-0.25, -0.2) is 0 Å². The number of carbonyl (C=O) groups excluding carboxylic acids is 1. The Morgan fingerprint density at radius 2 is 2.25 bits per heavy atom. The van der Waals surface area contributed by atoms with Crippen LogP contribution in [0.2, 0.25) is 0 Å². The highest BCUT2D eigenvalue weighted by molar-refractivity contribution is 5.81. The summed E-state index contributed by atoms with van der Waals surface area (Å²) in [5.41, 5.74) is 2.64. The maximum atomic E-state index is 12.0. The van der Waals surface area contributed by atoms with E-state index in [0.29, 0.717) is 0 Å². The third-order valence-corrected chi connectivity index (χ3v) is 3.75. The minimum atomic E-state index is -0.169. The second-order valence-corrected chi connectivity index (χ2v) is 5.40. The lowest BCUT2D eigenvalue weighted by Gasteiger charge is -2.23. The molecule has 1 amide bonds. The molecule has 4 nitrogen and oxygen atoms in total. The van der Waals surface area contributed by atoms with Crippen LogP contribution >= 0.6 is 0 Å². The van der Waals surface area contributed by atoms with Crippen LogP contribution < -0.4 is 16.0 Å². The van der Waals surface area contributed by atoms with Gasteiger partial charge in [0.15, 0.2) is 0 Å². The van der Waals surface area contributed by atoms with Crippen molar-refractivity contribution in [2.75, 3.05) is 13.1 Å². The molecular formula is C16H25N3O. The molecule has 2 rings (SSSR count). The predicted molar refractivity (Wildman–Crippen MR) is 81.4 cm³/mol. The Morgan fingerprint density at radius 1 is 1.45 bits per heavy atom. The van der Waals surface area contributed by atoms with Crippen LogP contribution in [0.5, 0.6) is 0 Å². The second kappa shape index (κ2) is 7.41. The van der Waals surface area contributed by atoms with E-state index in [0.717, 1.165) is 32.5 Å². The fourth-order valence-corrected chi connectivity index (χ4v) is 2.61. The van der Waals surface area contributed by atoms with Gasteiger partial charge in [0.2, 0.25) is 5.91 Å². The van der Waals surface area contributed by atoms with Crippen molar-refractivity contribution >= 4 is 5.91 Å². The van der Waals surface area contributed by atoms with Crippen LogP contribution in [0, 0.1) is 0 Å². The molecule has 2 unspecified atom stereocenters. The summed E-state index contributed by atoms with van der Waals surface area (Å²) >= 11 is 0. The summed E-state index contributed by atoms with van der Waals surface area (Å²) in [5.74, 6) is 0.0848. The highest BCUT2D eigenvalue weighted by atomic mass is 16.2. The van der Waals surface area contributed by atoms with Crippen molar-refractivity contribution < 1.29 is 4.79 Å². The number of rotatable bonds is 5. The monoisotopic (exact) mass is 275 g/mol. The van der Waals surface area contributed by atoms with Gasteiger partial charge in [0.05, 0.1) is 6.04 Å². The maximum Gasteiger partial charge on any atom is 0.236 e. The Balaban J connectivity index is 2.03. The zero-order valence-corrected chi connectivity index (χ0v) is 12.4. The number of benzene rings is 1. The van der Waals surface area contributed by atoms with E-state index in [9.17, 15) is 4.79 Å². The zero-order chi connectivity index (χ0) is 14.4. The van der Waals surface area contributed by atoms with Crippen molar-refractivity contribution in [3.63, 3.8) is 0 Å². The van der Waals surface area contributed by atoms with Gasteiger partial charge >= 0.3 is 0 Å². The summed E-state index contributed by atoms with van der Waals surface area (Å²) in [6.07, 6.45) is 1.97. The lowest BCUT2D eigenvalue weighted by atomic mass is 9.98. The Labute approximate surface area is 121 Å². The third-order valence-electron chi connectivity index (χ3n) is 3.75. The van der Waals surface area contributed by atoms with Gasteiger partial charge in [0.25, 0.3) is 0 Å². The molecule has 3 N–H and O–H groups in total. The van der Waals surface area contributed by atoms with E-state index in [2.05, 4.69) is 47.1 Å². The van der Waals surface area contributed by atoms with Crippen LogP contribution in [0.15, 0.2) is 24.3 Å². The van der Waals surface area contributed by atoms with E-state index in [1.165, 1.54) is 11.1 Å². The standard InChI is InChI=1S/C16H25N3O/c1-3-9-18-16(20)12(2)19-15-8-10-17-11-13-6-4-5-7-14(13)15/h4-7,12,15,17,19H,3,8-11H2,1-2H3,(H,18,20). The molecule has 0 bridgehead atoms. The van der Waals surface area contributed by atoms with E-state index in [1.807, 2.05) is 6.92 Å². The van der Waals surface area contributed by atoms with Crippen LogP contribution in [0.3, 0.4) is 0 Å². The average molecular weight is 275 g/mol. The Hall–Kier alpha value is -1.39. The molecule has 2 atom stereocenters. The van der Waals surface area contributed by atoms with Gasteiger partial charge in [0.1, 0.15) is 0 Å². The molecule has 1 heterocycles. The first-order valence-corrected chi connectivity index (χ1v) is 7.54. The van der Waals surface area contributed by atoms with Crippen molar-refractivity contribution in [3.8, 4) is 0 Å². The van der Waals surface area contributed by atoms with Crippen LogP contribution in [0.4, 0.5) is 0 Å². The summed E-state index contributed by atoms with van der Waals surface area (Å²) in [7, 11) is 0. The second-order valence-electron chi connectivity index (χ2n) is 5.40. The first-order chi connectivity index (χ1) is 9.72. The quantitative estimate of drug-likeness (QED) is 0.767. The van der Waals surface area contributed by atoms with Gasteiger partial charge in [-0.3, -0.25) is 10.1 Å². The minimum Gasteiger partial charge on any atom is -0.355 e. The maximum absolute atomic E-state index is 12.0. The average Bonchev–Trinajstić information content (AvgIpc) is 2.67. The van der Waals surface area contributed by atoms with E-state index in [1.54, 1.807) is 0 Å². The van der Waals surface area contributed by atoms with E-state index < -0.39 is 0 Å². The molecule has 0 spiro atoms. The molecule has 1 aromatic rings. The van der Waals surface area contributed by atoms with Gasteiger partial charge in [-0.05, 0) is 37.4 Å². The number of hydrogen-bond donors (Lipinski definition) is 3. The SMILES string of the molecule is CCCNC(=O)C(C)NC1CCNCc2ccccc21. The van der Waals surface area contributed by atoms with E-state index >= 15 is 0 Å². The molecule has 0 fully saturated rings. The fraction of sp³-hybridized carbons (Fsp3) is 0.562. The number of carbonyl (C=O) groups is 1. The summed E-state index contributed by atoms with van der Waals surface area (Å²) in [5, 5.41) is 9.85. The van der Waals surface area contributed by atoms with Gasteiger partial charge < -0.3 is 10.6 Å². The molecule has 20 heavy (non-hydrogen) atoms. The first-order valence-electron chi connectivity index (χ1n) is 7.54. The molecule has 0 aromatic heterocycles. The molecule has 0 saturated carbocycles. The van der Waals surface area contributed by atoms with Crippen molar-refractivity contribution in [3.05, 3.63) is 35.4 Å². The normalized spacial score (nSPS) is 19.8. The van der Waals surface area contributed by atoms with Crippen LogP contribution in [0.25, 0.3) is 0 Å². The topological polar surface area (TPSA) is 53.2 Å². The lowest BCUT2D eigenvalue weighted by molar-refractivity contribution is -0.122. The van der Waals surface area contributed by atoms with Gasteiger partial charge in [-0.15, -0.1) is 0 Å². The minimum absolute atomic E-state index is 0.0848. The molecule has 110 valence electrons. The summed E-state index contributed by atoms with van der Waals surface area (Å²) in [6.45, 7) is 6.62. The zero-order valence-electron chi connectivity index (χ0n) is 12.4. The van der Waals surface area contributed by atoms with E-state index in [-0.39, 0.29) is 18.0 Å². The van der Waals surface area contributed by atoms with Gasteiger partial charge in [-0.2, -0.15) is 0 Å². The van der Waals surface area contributed by atoms with Gasteiger partial charge in [0, 0.05) is 19.1 Å². The predicted octanol–water partition coefficient (Wildman–Crippen LogP) is 1.73. The smallest absolute Gasteiger partial charge is 0.236 e. The Morgan fingerprint density at radius 3 is 3.05 bits per heavy atom. The Bertz CT molecular complexity index is 447. The highest BCUT2D eigenvalue weighted by Gasteiger charge is 2.22. The van der Waals surface area contributed by atoms with Crippen molar-refractivity contribution in [1.82, 2.24) is 16.0 Å². The molecular weight excluding hydrogens is 250 g/mol. The number of fused-ring (bicyclic) bond motifs is 1. The third kappa shape index (κ3) is 3.81.